The zero-order valence-electron chi connectivity index (χ0n) is 22.2. The maximum atomic E-state index is 13.7. The number of nitrogens with one attached hydrogen (secondary N) is 1. The van der Waals surface area contributed by atoms with Crippen LogP contribution in [0.15, 0.2) is 88.7 Å². The summed E-state index contributed by atoms with van der Waals surface area (Å²) in [4.78, 5) is 43.4. The molecule has 42 heavy (non-hydrogen) atoms. The van der Waals surface area contributed by atoms with Gasteiger partial charge in [-0.25, -0.2) is 8.42 Å². The first kappa shape index (κ1) is 28.4. The minimum absolute atomic E-state index is 0.266. The van der Waals surface area contributed by atoms with Gasteiger partial charge in [0.1, 0.15) is 6.04 Å². The second kappa shape index (κ2) is 11.5. The lowest BCUT2D eigenvalue weighted by molar-refractivity contribution is -0.646. The second-order valence-corrected chi connectivity index (χ2v) is 13.8. The molecule has 0 bridgehead atoms. The monoisotopic (exact) mass is 622 g/mol. The first-order valence-electron chi connectivity index (χ1n) is 13.2. The zero-order chi connectivity index (χ0) is 29.4. The van der Waals surface area contributed by atoms with E-state index in [1.54, 1.807) is 40.5 Å². The highest BCUT2D eigenvalue weighted by Gasteiger charge is 2.56. The molecule has 3 atom stereocenters. The first-order chi connectivity index (χ1) is 20.3. The fourth-order valence-corrected chi connectivity index (χ4v) is 8.95. The van der Waals surface area contributed by atoms with Crippen molar-refractivity contribution >= 4 is 50.2 Å². The van der Waals surface area contributed by atoms with E-state index in [-0.39, 0.29) is 29.4 Å². The Kier molecular flexibility index (Phi) is 7.77. The van der Waals surface area contributed by atoms with Crippen LogP contribution in [0.5, 0.6) is 0 Å². The van der Waals surface area contributed by atoms with Crippen LogP contribution in [0.1, 0.15) is 27.7 Å². The summed E-state index contributed by atoms with van der Waals surface area (Å²) in [5, 5.41) is 18.3. The molecule has 13 heteroatoms. The van der Waals surface area contributed by atoms with Gasteiger partial charge in [0, 0.05) is 40.0 Å². The molecule has 0 radical (unpaired) electrons. The molecule has 1 N–H and O–H groups in total. The van der Waals surface area contributed by atoms with Crippen LogP contribution in [0.3, 0.4) is 0 Å². The Hall–Kier alpha value is -3.75. The number of nitrogens with zero attached hydrogens (tertiary/aromatic N) is 3. The lowest BCUT2D eigenvalue weighted by Gasteiger charge is -2.30. The first-order valence-corrected chi connectivity index (χ1v) is 16.4. The quantitative estimate of drug-likeness (QED) is 0.224. The van der Waals surface area contributed by atoms with Gasteiger partial charge < -0.3 is 10.5 Å². The molecule has 2 saturated heterocycles. The summed E-state index contributed by atoms with van der Waals surface area (Å²) in [6.07, 6.45) is 1.42. The van der Waals surface area contributed by atoms with Crippen molar-refractivity contribution in [3.8, 4) is 10.4 Å². The number of pyridine rings is 1. The summed E-state index contributed by atoms with van der Waals surface area (Å²) < 4.78 is 28.2. The Labute approximate surface area is 250 Å². The summed E-state index contributed by atoms with van der Waals surface area (Å²) in [7, 11) is -4.25. The number of carbonyl (C=O) groups is 3. The van der Waals surface area contributed by atoms with Gasteiger partial charge in [-0.1, -0.05) is 24.3 Å². The highest BCUT2D eigenvalue weighted by Crippen LogP contribution is 2.39. The summed E-state index contributed by atoms with van der Waals surface area (Å²) in [6.45, 7) is -0.351. The molecule has 2 fully saturated rings. The van der Waals surface area contributed by atoms with Gasteiger partial charge in [-0.3, -0.25) is 19.3 Å². The smallest absolute Gasteiger partial charge is 0.323 e. The van der Waals surface area contributed by atoms with Crippen molar-refractivity contribution in [3.63, 3.8) is 0 Å². The number of amides is 1. The predicted octanol–water partition coefficient (Wildman–Crippen LogP) is 2.87. The van der Waals surface area contributed by atoms with Gasteiger partial charge in [0.25, 0.3) is 5.91 Å². The van der Waals surface area contributed by atoms with Gasteiger partial charge in [0.05, 0.1) is 19.1 Å². The van der Waals surface area contributed by atoms with Crippen molar-refractivity contribution in [1.82, 2.24) is 14.5 Å². The van der Waals surface area contributed by atoms with E-state index in [4.69, 9.17) is 0 Å². The van der Waals surface area contributed by atoms with Crippen molar-refractivity contribution < 1.29 is 27.5 Å². The van der Waals surface area contributed by atoms with E-state index >= 15 is 0 Å². The molecular formula is C29H26N4O6S3. The number of carbonyl (C=O) groups excluding carboxylic acids is 3. The molecule has 0 saturated carbocycles. The molecule has 1 aromatic carbocycles. The van der Waals surface area contributed by atoms with Crippen LogP contribution in [0.4, 0.5) is 0 Å². The Balaban J connectivity index is 1.19. The van der Waals surface area contributed by atoms with E-state index in [1.165, 1.54) is 29.5 Å². The number of benzene rings is 1. The number of thiophene rings is 2. The SMILES string of the molecule is O=C(NCC(=O)C(c1cccs1)N1CCC2C1C(=O)CN2S(=O)(=O)c1cccc[n+]1[O-])c1ccc(-c2cccs2)cc1. The molecule has 10 nitrogen and oxygen atoms in total. The standard InChI is InChI=1S/C29H26N4O6S3/c34-22(17-30-29(36)20-10-8-19(9-11-20)24-5-3-15-40-24)28(25-6-4-16-41-25)31-14-12-21-27(31)23(35)18-33(21)42(38,39)26-7-1-2-13-32(26)37/h1-11,13,15-16,21,27-28H,12,14,17-18H2,(H,30,36). The van der Waals surface area contributed by atoms with Gasteiger partial charge in [-0.2, -0.15) is 9.04 Å². The average Bonchev–Trinajstić information content (AvgIpc) is 3.80. The summed E-state index contributed by atoms with van der Waals surface area (Å²) in [5.41, 5.74) is 1.41. The molecule has 2 aliphatic heterocycles. The van der Waals surface area contributed by atoms with Crippen molar-refractivity contribution in [3.05, 3.63) is 99.3 Å². The molecule has 1 amide bonds. The number of ketones is 2. The van der Waals surface area contributed by atoms with Gasteiger partial charge in [0.2, 0.25) is 0 Å². The fourth-order valence-electron chi connectivity index (χ4n) is 5.70. The Bertz CT molecular complexity index is 1720. The molecule has 0 aliphatic carbocycles. The van der Waals surface area contributed by atoms with Crippen molar-refractivity contribution in [1.29, 1.82) is 0 Å². The Morgan fingerprint density at radius 2 is 1.79 bits per heavy atom. The Morgan fingerprint density at radius 3 is 2.48 bits per heavy atom. The molecule has 4 aromatic rings. The number of hydrogen-bond acceptors (Lipinski definition) is 9. The third-order valence-electron chi connectivity index (χ3n) is 7.60. The number of rotatable bonds is 9. The van der Waals surface area contributed by atoms with Crippen LogP contribution in [-0.4, -0.2) is 66.8 Å². The predicted molar refractivity (Wildman–Crippen MR) is 157 cm³/mol. The van der Waals surface area contributed by atoms with E-state index in [9.17, 15) is 28.0 Å². The van der Waals surface area contributed by atoms with Crippen LogP contribution < -0.4 is 10.0 Å². The van der Waals surface area contributed by atoms with Gasteiger partial charge >= 0.3 is 15.0 Å². The van der Waals surface area contributed by atoms with E-state index in [1.807, 2.05) is 35.0 Å². The molecule has 2 aliphatic rings. The number of Topliss-reactive ketones (excluding diaryl/α,β-unsaturated/α-hetero) is 2. The number of fused-ring (bicyclic) bond motifs is 1. The third kappa shape index (κ3) is 5.18. The maximum absolute atomic E-state index is 13.7. The van der Waals surface area contributed by atoms with Crippen LogP contribution >= 0.6 is 22.7 Å². The number of hydrogen-bond donors (Lipinski definition) is 1. The van der Waals surface area contributed by atoms with Crippen molar-refractivity contribution in [2.45, 2.75) is 29.6 Å². The highest BCUT2D eigenvalue weighted by atomic mass is 32.2. The lowest BCUT2D eigenvalue weighted by atomic mass is 10.0. The molecule has 3 aromatic heterocycles. The lowest BCUT2D eigenvalue weighted by Crippen LogP contribution is -2.47. The van der Waals surface area contributed by atoms with Crippen LogP contribution in [0.25, 0.3) is 10.4 Å². The zero-order valence-corrected chi connectivity index (χ0v) is 24.6. The van der Waals surface area contributed by atoms with Gasteiger partial charge in [-0.05, 0) is 53.1 Å². The van der Waals surface area contributed by atoms with Gasteiger partial charge in [0.15, 0.2) is 17.8 Å². The molecule has 5 heterocycles. The molecule has 216 valence electrons. The Morgan fingerprint density at radius 1 is 1.02 bits per heavy atom. The fraction of sp³-hybridized carbons (Fsp3) is 0.241. The minimum atomic E-state index is -4.25. The minimum Gasteiger partial charge on any atom is -0.618 e. The topological polar surface area (TPSA) is 131 Å². The van der Waals surface area contributed by atoms with Gasteiger partial charge in [-0.15, -0.1) is 22.7 Å². The molecule has 6 rings (SSSR count). The van der Waals surface area contributed by atoms with E-state index in [2.05, 4.69) is 5.32 Å². The third-order valence-corrected chi connectivity index (χ3v) is 11.3. The highest BCUT2D eigenvalue weighted by molar-refractivity contribution is 7.89. The van der Waals surface area contributed by atoms with Crippen molar-refractivity contribution in [2.24, 2.45) is 0 Å². The molecular weight excluding hydrogens is 597 g/mol. The number of sulfonamides is 1. The number of likely N-dealkylation sites (tertiary alicyclic amines) is 1. The van der Waals surface area contributed by atoms with E-state index in [0.717, 1.165) is 20.9 Å². The normalized spacial score (nSPS) is 20.0. The van der Waals surface area contributed by atoms with Crippen LogP contribution in [0.2, 0.25) is 0 Å². The largest absolute Gasteiger partial charge is 0.618 e. The molecule has 3 unspecified atom stereocenters. The van der Waals surface area contributed by atoms with E-state index in [0.29, 0.717) is 23.4 Å². The maximum Gasteiger partial charge on any atom is 0.323 e. The van der Waals surface area contributed by atoms with Crippen LogP contribution in [0, 0.1) is 5.21 Å². The summed E-state index contributed by atoms with van der Waals surface area (Å²) in [5.74, 6) is -1.04. The average molecular weight is 623 g/mol. The van der Waals surface area contributed by atoms with Crippen molar-refractivity contribution in [2.75, 3.05) is 19.6 Å². The summed E-state index contributed by atoms with van der Waals surface area (Å²) >= 11 is 2.96. The molecule has 0 spiro atoms. The van der Waals surface area contributed by atoms with Crippen LogP contribution in [-0.2, 0) is 19.6 Å². The second-order valence-electron chi connectivity index (χ2n) is 10.0. The van der Waals surface area contributed by atoms with E-state index < -0.39 is 39.1 Å². The summed E-state index contributed by atoms with van der Waals surface area (Å²) in [6, 6.07) is 16.4. The number of aromatic nitrogens is 1.